The molecule has 0 radical (unpaired) electrons. The van der Waals surface area contributed by atoms with Crippen molar-refractivity contribution in [2.75, 3.05) is 6.54 Å². The van der Waals surface area contributed by atoms with Gasteiger partial charge in [-0.2, -0.15) is 0 Å². The first-order valence-corrected chi connectivity index (χ1v) is 6.36. The molecule has 2 saturated carbocycles. The van der Waals surface area contributed by atoms with Crippen LogP contribution in [0, 0.1) is 17.3 Å². The van der Waals surface area contributed by atoms with E-state index in [1.807, 2.05) is 0 Å². The highest BCUT2D eigenvalue weighted by Gasteiger charge is 2.54. The van der Waals surface area contributed by atoms with Gasteiger partial charge in [0.15, 0.2) is 0 Å². The Balaban J connectivity index is 1.78. The van der Waals surface area contributed by atoms with E-state index in [9.17, 15) is 0 Å². The van der Waals surface area contributed by atoms with Gasteiger partial charge in [-0.3, -0.25) is 0 Å². The van der Waals surface area contributed by atoms with Crippen molar-refractivity contribution >= 4 is 0 Å². The van der Waals surface area contributed by atoms with E-state index in [-0.39, 0.29) is 0 Å². The lowest BCUT2D eigenvalue weighted by Gasteiger charge is -2.28. The highest BCUT2D eigenvalue weighted by molar-refractivity contribution is 5.05. The Morgan fingerprint density at radius 3 is 2.79 bits per heavy atom. The van der Waals surface area contributed by atoms with Gasteiger partial charge in [-0.05, 0) is 43.1 Å². The fourth-order valence-electron chi connectivity index (χ4n) is 3.36. The fourth-order valence-corrected chi connectivity index (χ4v) is 3.36. The second-order valence-corrected chi connectivity index (χ2v) is 6.03. The van der Waals surface area contributed by atoms with Gasteiger partial charge in [0, 0.05) is 6.04 Å². The van der Waals surface area contributed by atoms with E-state index in [1.54, 1.807) is 0 Å². The average molecular weight is 195 g/mol. The molecule has 0 aromatic heterocycles. The summed E-state index contributed by atoms with van der Waals surface area (Å²) in [5.74, 6) is 2.00. The minimum atomic E-state index is 0.661. The molecule has 2 aliphatic carbocycles. The van der Waals surface area contributed by atoms with Crippen molar-refractivity contribution < 1.29 is 0 Å². The molecule has 0 aliphatic heterocycles. The third-order valence-electron chi connectivity index (χ3n) is 4.26. The zero-order chi connectivity index (χ0) is 10.2. The van der Waals surface area contributed by atoms with Crippen molar-refractivity contribution in [3.63, 3.8) is 0 Å². The van der Waals surface area contributed by atoms with Gasteiger partial charge in [-0.1, -0.05) is 33.6 Å². The van der Waals surface area contributed by atoms with E-state index >= 15 is 0 Å². The SMILES string of the molecule is CC1CCCC2(C1)CC2CNC(C)C. The highest BCUT2D eigenvalue weighted by Crippen LogP contribution is 2.62. The lowest BCUT2D eigenvalue weighted by Crippen LogP contribution is -2.27. The molecule has 0 bridgehead atoms. The Morgan fingerprint density at radius 2 is 2.14 bits per heavy atom. The smallest absolute Gasteiger partial charge is 0.00104 e. The van der Waals surface area contributed by atoms with Crippen molar-refractivity contribution in [3.05, 3.63) is 0 Å². The minimum Gasteiger partial charge on any atom is -0.314 e. The summed E-state index contributed by atoms with van der Waals surface area (Å²) in [4.78, 5) is 0. The molecule has 82 valence electrons. The van der Waals surface area contributed by atoms with Crippen LogP contribution in [0.4, 0.5) is 0 Å². The summed E-state index contributed by atoms with van der Waals surface area (Å²) in [6, 6.07) is 0.661. The Hall–Kier alpha value is -0.0400. The second-order valence-electron chi connectivity index (χ2n) is 6.03. The monoisotopic (exact) mass is 195 g/mol. The van der Waals surface area contributed by atoms with Crippen LogP contribution >= 0.6 is 0 Å². The van der Waals surface area contributed by atoms with E-state index < -0.39 is 0 Å². The summed E-state index contributed by atoms with van der Waals surface area (Å²) in [7, 11) is 0. The molecular formula is C13H25N. The van der Waals surface area contributed by atoms with E-state index in [0.29, 0.717) is 6.04 Å². The molecule has 3 unspecified atom stereocenters. The first kappa shape index (κ1) is 10.5. The summed E-state index contributed by atoms with van der Waals surface area (Å²) in [5.41, 5.74) is 0.791. The Bertz CT molecular complexity index is 199. The maximum Gasteiger partial charge on any atom is 0.00104 e. The summed E-state index contributed by atoms with van der Waals surface area (Å²) >= 11 is 0. The van der Waals surface area contributed by atoms with E-state index in [4.69, 9.17) is 0 Å². The number of rotatable bonds is 3. The molecule has 1 N–H and O–H groups in total. The maximum atomic E-state index is 3.59. The van der Waals surface area contributed by atoms with Crippen LogP contribution in [-0.2, 0) is 0 Å². The number of hydrogen-bond acceptors (Lipinski definition) is 1. The maximum absolute atomic E-state index is 3.59. The van der Waals surface area contributed by atoms with E-state index in [2.05, 4.69) is 26.1 Å². The Morgan fingerprint density at radius 1 is 1.36 bits per heavy atom. The average Bonchev–Trinajstić information content (AvgIpc) is 2.74. The molecular weight excluding hydrogens is 170 g/mol. The van der Waals surface area contributed by atoms with E-state index in [0.717, 1.165) is 17.3 Å². The van der Waals surface area contributed by atoms with Crippen LogP contribution in [0.25, 0.3) is 0 Å². The van der Waals surface area contributed by atoms with Gasteiger partial charge in [-0.25, -0.2) is 0 Å². The largest absolute Gasteiger partial charge is 0.314 e. The molecule has 0 saturated heterocycles. The molecule has 1 heteroatoms. The summed E-state index contributed by atoms with van der Waals surface area (Å²) in [5, 5.41) is 3.59. The molecule has 0 aromatic carbocycles. The minimum absolute atomic E-state index is 0.661. The zero-order valence-corrected chi connectivity index (χ0v) is 9.97. The molecule has 3 atom stereocenters. The molecule has 2 aliphatic rings. The molecule has 1 spiro atoms. The quantitative estimate of drug-likeness (QED) is 0.729. The van der Waals surface area contributed by atoms with E-state index in [1.165, 1.54) is 38.6 Å². The third-order valence-corrected chi connectivity index (χ3v) is 4.26. The normalized spacial score (nSPS) is 42.0. The van der Waals surface area contributed by atoms with Crippen LogP contribution in [0.2, 0.25) is 0 Å². The topological polar surface area (TPSA) is 12.0 Å². The molecule has 0 aromatic rings. The Labute approximate surface area is 88.7 Å². The first-order chi connectivity index (χ1) is 6.62. The molecule has 14 heavy (non-hydrogen) atoms. The van der Waals surface area contributed by atoms with Crippen LogP contribution < -0.4 is 5.32 Å². The Kier molecular flexibility index (Phi) is 2.88. The van der Waals surface area contributed by atoms with Gasteiger partial charge in [0.25, 0.3) is 0 Å². The number of nitrogens with one attached hydrogen (secondary N) is 1. The van der Waals surface area contributed by atoms with Crippen LogP contribution in [0.15, 0.2) is 0 Å². The second kappa shape index (κ2) is 3.84. The molecule has 1 nitrogen and oxygen atoms in total. The number of hydrogen-bond donors (Lipinski definition) is 1. The van der Waals surface area contributed by atoms with Crippen molar-refractivity contribution in [1.82, 2.24) is 5.32 Å². The van der Waals surface area contributed by atoms with Gasteiger partial charge < -0.3 is 5.32 Å². The summed E-state index contributed by atoms with van der Waals surface area (Å²) < 4.78 is 0. The van der Waals surface area contributed by atoms with Crippen LogP contribution in [0.5, 0.6) is 0 Å². The van der Waals surface area contributed by atoms with Gasteiger partial charge in [0.2, 0.25) is 0 Å². The predicted molar refractivity (Wildman–Crippen MR) is 61.3 cm³/mol. The van der Waals surface area contributed by atoms with Crippen LogP contribution in [0.1, 0.15) is 52.9 Å². The molecule has 0 amide bonds. The lowest BCUT2D eigenvalue weighted by atomic mass is 9.78. The first-order valence-electron chi connectivity index (χ1n) is 6.36. The predicted octanol–water partition coefficient (Wildman–Crippen LogP) is 3.20. The lowest BCUT2D eigenvalue weighted by molar-refractivity contribution is 0.240. The molecule has 2 fully saturated rings. The van der Waals surface area contributed by atoms with Crippen molar-refractivity contribution in [1.29, 1.82) is 0 Å². The van der Waals surface area contributed by atoms with Crippen molar-refractivity contribution in [2.45, 2.75) is 58.9 Å². The van der Waals surface area contributed by atoms with Gasteiger partial charge in [-0.15, -0.1) is 0 Å². The standard InChI is InChI=1S/C13H25N/c1-10(2)14-9-12-8-13(12)6-4-5-11(3)7-13/h10-12,14H,4-9H2,1-3H3. The van der Waals surface area contributed by atoms with Gasteiger partial charge in [0.1, 0.15) is 0 Å². The van der Waals surface area contributed by atoms with Crippen molar-refractivity contribution in [2.24, 2.45) is 17.3 Å². The van der Waals surface area contributed by atoms with Gasteiger partial charge >= 0.3 is 0 Å². The van der Waals surface area contributed by atoms with Gasteiger partial charge in [0.05, 0.1) is 0 Å². The van der Waals surface area contributed by atoms with Crippen LogP contribution in [0.3, 0.4) is 0 Å². The highest BCUT2D eigenvalue weighted by atomic mass is 14.9. The molecule has 0 heterocycles. The molecule has 2 rings (SSSR count). The fraction of sp³-hybridized carbons (Fsp3) is 1.00. The summed E-state index contributed by atoms with van der Waals surface area (Å²) in [6.07, 6.45) is 7.50. The van der Waals surface area contributed by atoms with Crippen molar-refractivity contribution in [3.8, 4) is 0 Å². The third kappa shape index (κ3) is 2.13. The zero-order valence-electron chi connectivity index (χ0n) is 9.97. The summed E-state index contributed by atoms with van der Waals surface area (Å²) in [6.45, 7) is 8.20. The van der Waals surface area contributed by atoms with Crippen LogP contribution in [-0.4, -0.2) is 12.6 Å².